The number of hydrogen-bond acceptors (Lipinski definition) is 5. The standard InChI is InChI=1S/C20H20N6O2S/c1-25-20-14(11-22-25)5-4-6-18(20)24-29(27,28)15-8-9-17(21-12-15)16-13-23-26-10-3-2-7-19(16)26/h4-6,8-9,11-13,24H,2-3,7,10H2,1H3. The van der Waals surface area contributed by atoms with Crippen molar-refractivity contribution < 1.29 is 8.42 Å². The van der Waals surface area contributed by atoms with Gasteiger partial charge in [0.2, 0.25) is 0 Å². The van der Waals surface area contributed by atoms with Crippen LogP contribution in [0.2, 0.25) is 0 Å². The summed E-state index contributed by atoms with van der Waals surface area (Å²) in [5, 5.41) is 9.49. The summed E-state index contributed by atoms with van der Waals surface area (Å²) in [5.41, 5.74) is 4.09. The third kappa shape index (κ3) is 3.07. The maximum atomic E-state index is 12.9. The predicted molar refractivity (Wildman–Crippen MR) is 110 cm³/mol. The summed E-state index contributed by atoms with van der Waals surface area (Å²) < 4.78 is 32.2. The molecule has 4 aromatic rings. The fraction of sp³-hybridized carbons (Fsp3) is 0.250. The van der Waals surface area contributed by atoms with Gasteiger partial charge in [0.1, 0.15) is 4.90 Å². The van der Waals surface area contributed by atoms with Gasteiger partial charge in [0, 0.05) is 36.4 Å². The van der Waals surface area contributed by atoms with E-state index in [0.29, 0.717) is 5.69 Å². The third-order valence-corrected chi connectivity index (χ3v) is 6.66. The summed E-state index contributed by atoms with van der Waals surface area (Å²) in [6.07, 6.45) is 8.15. The van der Waals surface area contributed by atoms with E-state index in [-0.39, 0.29) is 4.90 Å². The lowest BCUT2D eigenvalue weighted by Crippen LogP contribution is -2.14. The van der Waals surface area contributed by atoms with Gasteiger partial charge < -0.3 is 0 Å². The molecule has 1 aliphatic rings. The van der Waals surface area contributed by atoms with Crippen molar-refractivity contribution in [1.29, 1.82) is 0 Å². The SMILES string of the molecule is Cn1ncc2cccc(NS(=O)(=O)c3ccc(-c4cnn5c4CCCC5)nc3)c21. The molecule has 148 valence electrons. The summed E-state index contributed by atoms with van der Waals surface area (Å²) in [5.74, 6) is 0. The lowest BCUT2D eigenvalue weighted by atomic mass is 10.0. The molecule has 8 nitrogen and oxygen atoms in total. The summed E-state index contributed by atoms with van der Waals surface area (Å²) >= 11 is 0. The fourth-order valence-corrected chi connectivity index (χ4v) is 4.86. The molecule has 5 rings (SSSR count). The summed E-state index contributed by atoms with van der Waals surface area (Å²) in [6.45, 7) is 0.922. The monoisotopic (exact) mass is 408 g/mol. The highest BCUT2D eigenvalue weighted by molar-refractivity contribution is 7.92. The Morgan fingerprint density at radius 1 is 1.03 bits per heavy atom. The number of sulfonamides is 1. The summed E-state index contributed by atoms with van der Waals surface area (Å²) in [7, 11) is -2.00. The first-order valence-corrected chi connectivity index (χ1v) is 11.0. The van der Waals surface area contributed by atoms with Gasteiger partial charge in [0.25, 0.3) is 10.0 Å². The molecule has 0 aliphatic carbocycles. The number of hydrogen-bond donors (Lipinski definition) is 1. The molecule has 4 heterocycles. The maximum absolute atomic E-state index is 12.9. The Balaban J connectivity index is 1.46. The highest BCUT2D eigenvalue weighted by Gasteiger charge is 2.20. The molecule has 0 fully saturated rings. The van der Waals surface area contributed by atoms with E-state index in [4.69, 9.17) is 0 Å². The number of rotatable bonds is 4. The van der Waals surface area contributed by atoms with Crippen LogP contribution in [-0.2, 0) is 30.0 Å². The minimum Gasteiger partial charge on any atom is -0.277 e. The van der Waals surface area contributed by atoms with E-state index in [1.165, 1.54) is 11.9 Å². The van der Waals surface area contributed by atoms with Crippen LogP contribution < -0.4 is 4.72 Å². The Bertz CT molecular complexity index is 1300. The zero-order valence-corrected chi connectivity index (χ0v) is 16.7. The first-order chi connectivity index (χ1) is 14.0. The Labute approximate surface area is 168 Å². The van der Waals surface area contributed by atoms with Crippen molar-refractivity contribution >= 4 is 26.6 Å². The van der Waals surface area contributed by atoms with Gasteiger partial charge in [-0.1, -0.05) is 12.1 Å². The van der Waals surface area contributed by atoms with Crippen LogP contribution in [0.5, 0.6) is 0 Å². The second-order valence-electron chi connectivity index (χ2n) is 7.18. The molecule has 0 spiro atoms. The minimum atomic E-state index is -3.78. The number of nitrogens with zero attached hydrogens (tertiary/aromatic N) is 5. The van der Waals surface area contributed by atoms with Gasteiger partial charge in [-0.2, -0.15) is 10.2 Å². The normalized spacial score (nSPS) is 14.1. The topological polar surface area (TPSA) is 94.7 Å². The smallest absolute Gasteiger partial charge is 0.263 e. The number of nitrogens with one attached hydrogen (secondary N) is 1. The van der Waals surface area contributed by atoms with Gasteiger partial charge in [0.15, 0.2) is 0 Å². The number of benzene rings is 1. The number of anilines is 1. The molecule has 0 unspecified atom stereocenters. The van der Waals surface area contributed by atoms with Crippen molar-refractivity contribution in [1.82, 2.24) is 24.5 Å². The molecule has 0 atom stereocenters. The lowest BCUT2D eigenvalue weighted by Gasteiger charge is -2.14. The van der Waals surface area contributed by atoms with Crippen LogP contribution in [0.4, 0.5) is 5.69 Å². The molecule has 0 radical (unpaired) electrons. The quantitative estimate of drug-likeness (QED) is 0.560. The van der Waals surface area contributed by atoms with Crippen LogP contribution in [0.3, 0.4) is 0 Å². The molecule has 0 saturated heterocycles. The average molecular weight is 408 g/mol. The second kappa shape index (κ2) is 6.70. The molecule has 3 aromatic heterocycles. The number of fused-ring (bicyclic) bond motifs is 2. The van der Waals surface area contributed by atoms with Gasteiger partial charge in [-0.25, -0.2) is 8.42 Å². The van der Waals surface area contributed by atoms with E-state index >= 15 is 0 Å². The van der Waals surface area contributed by atoms with Gasteiger partial charge >= 0.3 is 0 Å². The van der Waals surface area contributed by atoms with E-state index < -0.39 is 10.0 Å². The molecule has 0 amide bonds. The summed E-state index contributed by atoms with van der Waals surface area (Å²) in [4.78, 5) is 4.53. The van der Waals surface area contributed by atoms with Crippen molar-refractivity contribution in [2.75, 3.05) is 4.72 Å². The number of aromatic nitrogens is 5. The Morgan fingerprint density at radius 2 is 1.93 bits per heavy atom. The third-order valence-electron chi connectivity index (χ3n) is 5.31. The largest absolute Gasteiger partial charge is 0.277 e. The predicted octanol–water partition coefficient (Wildman–Crippen LogP) is 2.97. The molecule has 1 aromatic carbocycles. The first-order valence-electron chi connectivity index (χ1n) is 9.47. The summed E-state index contributed by atoms with van der Waals surface area (Å²) in [6, 6.07) is 8.74. The maximum Gasteiger partial charge on any atom is 0.263 e. The number of para-hydroxylation sites is 1. The highest BCUT2D eigenvalue weighted by atomic mass is 32.2. The van der Waals surface area contributed by atoms with Crippen LogP contribution in [0, 0.1) is 0 Å². The molecular formula is C20H20N6O2S. The number of aryl methyl sites for hydroxylation is 2. The van der Waals surface area contributed by atoms with E-state index in [9.17, 15) is 8.42 Å². The van der Waals surface area contributed by atoms with Crippen molar-refractivity contribution in [2.24, 2.45) is 7.05 Å². The first kappa shape index (κ1) is 17.9. The average Bonchev–Trinajstić information content (AvgIpc) is 3.32. The van der Waals surface area contributed by atoms with Crippen molar-refractivity contribution in [3.05, 3.63) is 54.6 Å². The molecule has 1 aliphatic heterocycles. The van der Waals surface area contributed by atoms with Crippen LogP contribution in [-0.4, -0.2) is 33.0 Å². The molecule has 9 heteroatoms. The van der Waals surface area contributed by atoms with Crippen molar-refractivity contribution in [2.45, 2.75) is 30.7 Å². The molecule has 29 heavy (non-hydrogen) atoms. The zero-order chi connectivity index (χ0) is 20.0. The molecule has 0 saturated carbocycles. The van der Waals surface area contributed by atoms with Crippen LogP contribution in [0.1, 0.15) is 18.5 Å². The van der Waals surface area contributed by atoms with Crippen molar-refractivity contribution in [3.63, 3.8) is 0 Å². The molecule has 1 N–H and O–H groups in total. The number of pyridine rings is 1. The van der Waals surface area contributed by atoms with Crippen LogP contribution in [0.15, 0.2) is 53.8 Å². The second-order valence-corrected chi connectivity index (χ2v) is 8.86. The van der Waals surface area contributed by atoms with E-state index in [1.54, 1.807) is 42.2 Å². The minimum absolute atomic E-state index is 0.112. The van der Waals surface area contributed by atoms with Crippen LogP contribution in [0.25, 0.3) is 22.2 Å². The van der Waals surface area contributed by atoms with E-state index in [0.717, 1.165) is 48.0 Å². The van der Waals surface area contributed by atoms with E-state index in [1.807, 2.05) is 16.9 Å². The van der Waals surface area contributed by atoms with Gasteiger partial charge in [-0.3, -0.25) is 19.1 Å². The lowest BCUT2D eigenvalue weighted by molar-refractivity contribution is 0.487. The highest BCUT2D eigenvalue weighted by Crippen LogP contribution is 2.28. The van der Waals surface area contributed by atoms with Gasteiger partial charge in [-0.05, 0) is 37.5 Å². The Morgan fingerprint density at radius 3 is 2.76 bits per heavy atom. The van der Waals surface area contributed by atoms with E-state index in [2.05, 4.69) is 19.9 Å². The molecular weight excluding hydrogens is 388 g/mol. The van der Waals surface area contributed by atoms with Crippen LogP contribution >= 0.6 is 0 Å². The van der Waals surface area contributed by atoms with Gasteiger partial charge in [-0.15, -0.1) is 0 Å². The molecule has 0 bridgehead atoms. The van der Waals surface area contributed by atoms with Gasteiger partial charge in [0.05, 0.1) is 29.3 Å². The fourth-order valence-electron chi connectivity index (χ4n) is 3.85. The zero-order valence-electron chi connectivity index (χ0n) is 15.9. The Hall–Kier alpha value is -3.20. The Kier molecular flexibility index (Phi) is 4.13. The van der Waals surface area contributed by atoms with Crippen molar-refractivity contribution in [3.8, 4) is 11.3 Å².